The number of furan rings is 1. The van der Waals surface area contributed by atoms with Crippen LogP contribution >= 0.6 is 0 Å². The maximum absolute atomic E-state index is 12.1. The van der Waals surface area contributed by atoms with Gasteiger partial charge >= 0.3 is 0 Å². The molecule has 0 radical (unpaired) electrons. The average molecular weight is 284 g/mol. The van der Waals surface area contributed by atoms with Crippen LogP contribution in [0.25, 0.3) is 0 Å². The maximum atomic E-state index is 12.1. The molecule has 6 heteroatoms. The van der Waals surface area contributed by atoms with E-state index in [1.807, 2.05) is 13.0 Å². The van der Waals surface area contributed by atoms with Crippen molar-refractivity contribution in [3.63, 3.8) is 0 Å². The topological polar surface area (TPSA) is 71.3 Å². The molecule has 2 rings (SSSR count). The van der Waals surface area contributed by atoms with E-state index < -0.39 is 10.0 Å². The highest BCUT2D eigenvalue weighted by atomic mass is 32.2. The Balaban J connectivity index is 2.02. The number of rotatable bonds is 6. The molecule has 0 amide bonds. The maximum Gasteiger partial charge on any atom is 0.274 e. The number of sulfonamides is 1. The third-order valence-corrected chi connectivity index (χ3v) is 4.43. The molecule has 0 aliphatic heterocycles. The molecule has 1 aromatic rings. The summed E-state index contributed by atoms with van der Waals surface area (Å²) in [6.07, 6.45) is 6.57. The first-order valence-corrected chi connectivity index (χ1v) is 8.07. The molecule has 0 spiro atoms. The fraction of sp³-hybridized carbons (Fsp3) is 0.538. The summed E-state index contributed by atoms with van der Waals surface area (Å²) in [5.41, 5.74) is 0. The SMILES string of the molecule is CCNCc1ccc(S(=O)(=O)NC2CC=CCC2)o1. The van der Waals surface area contributed by atoms with Gasteiger partial charge in [-0.3, -0.25) is 0 Å². The Bertz CT molecular complexity index is 534. The number of hydrogen-bond acceptors (Lipinski definition) is 4. The largest absolute Gasteiger partial charge is 0.447 e. The molecule has 1 heterocycles. The van der Waals surface area contributed by atoms with Gasteiger partial charge in [-0.2, -0.15) is 0 Å². The van der Waals surface area contributed by atoms with E-state index in [-0.39, 0.29) is 11.1 Å². The fourth-order valence-electron chi connectivity index (χ4n) is 2.02. The van der Waals surface area contributed by atoms with Crippen LogP contribution in [0.3, 0.4) is 0 Å². The van der Waals surface area contributed by atoms with Crippen LogP contribution in [0.4, 0.5) is 0 Å². The Morgan fingerprint density at radius 1 is 1.37 bits per heavy atom. The zero-order chi connectivity index (χ0) is 13.7. The summed E-state index contributed by atoms with van der Waals surface area (Å²) in [4.78, 5) is 0. The van der Waals surface area contributed by atoms with E-state index in [2.05, 4.69) is 16.1 Å². The van der Waals surface area contributed by atoms with Gasteiger partial charge < -0.3 is 9.73 Å². The van der Waals surface area contributed by atoms with E-state index in [9.17, 15) is 8.42 Å². The Labute approximate surface area is 114 Å². The van der Waals surface area contributed by atoms with Gasteiger partial charge in [0, 0.05) is 6.04 Å². The van der Waals surface area contributed by atoms with Gasteiger partial charge in [0.15, 0.2) is 0 Å². The molecule has 1 aliphatic carbocycles. The van der Waals surface area contributed by atoms with Crippen molar-refractivity contribution in [2.24, 2.45) is 0 Å². The highest BCUT2D eigenvalue weighted by molar-refractivity contribution is 7.89. The van der Waals surface area contributed by atoms with Crippen LogP contribution in [0.15, 0.2) is 33.8 Å². The summed E-state index contributed by atoms with van der Waals surface area (Å²) in [5.74, 6) is 0.630. The first-order chi connectivity index (χ1) is 9.12. The molecule has 1 atom stereocenters. The summed E-state index contributed by atoms with van der Waals surface area (Å²) < 4.78 is 32.3. The lowest BCUT2D eigenvalue weighted by molar-refractivity contribution is 0.397. The molecular weight excluding hydrogens is 264 g/mol. The Hall–Kier alpha value is -1.11. The molecule has 0 saturated carbocycles. The summed E-state index contributed by atoms with van der Waals surface area (Å²) in [6.45, 7) is 3.34. The van der Waals surface area contributed by atoms with Gasteiger partial charge in [0.2, 0.25) is 5.09 Å². The Morgan fingerprint density at radius 3 is 2.89 bits per heavy atom. The van der Waals surface area contributed by atoms with Crippen molar-refractivity contribution in [1.29, 1.82) is 0 Å². The second kappa shape index (κ2) is 6.36. The molecule has 1 aromatic heterocycles. The molecule has 1 aliphatic rings. The van der Waals surface area contributed by atoms with Crippen LogP contribution in [-0.2, 0) is 16.6 Å². The van der Waals surface area contributed by atoms with E-state index in [4.69, 9.17) is 4.42 Å². The zero-order valence-corrected chi connectivity index (χ0v) is 11.9. The first-order valence-electron chi connectivity index (χ1n) is 6.58. The molecule has 1 unspecified atom stereocenters. The van der Waals surface area contributed by atoms with Crippen molar-refractivity contribution in [2.75, 3.05) is 6.54 Å². The number of allylic oxidation sites excluding steroid dienone is 1. The van der Waals surface area contributed by atoms with Crippen LogP contribution in [-0.4, -0.2) is 21.0 Å². The van der Waals surface area contributed by atoms with E-state index in [1.165, 1.54) is 6.07 Å². The van der Waals surface area contributed by atoms with Crippen LogP contribution in [0, 0.1) is 0 Å². The quantitative estimate of drug-likeness (QED) is 0.781. The van der Waals surface area contributed by atoms with Gasteiger partial charge in [0.05, 0.1) is 6.54 Å². The molecule has 5 nitrogen and oxygen atoms in total. The molecule has 19 heavy (non-hydrogen) atoms. The summed E-state index contributed by atoms with van der Waals surface area (Å²) in [6, 6.07) is 3.17. The predicted octanol–water partition coefficient (Wildman–Crippen LogP) is 1.78. The standard InChI is InChI=1S/C13H20N2O3S/c1-2-14-10-12-8-9-13(18-12)19(16,17)15-11-6-4-3-5-7-11/h3-4,8-9,11,14-15H,2,5-7,10H2,1H3. The van der Waals surface area contributed by atoms with Crippen molar-refractivity contribution in [3.05, 3.63) is 30.0 Å². The normalized spacial score (nSPS) is 19.7. The minimum absolute atomic E-state index is 0.00467. The monoisotopic (exact) mass is 284 g/mol. The summed E-state index contributed by atoms with van der Waals surface area (Å²) in [7, 11) is -3.54. The molecule has 2 N–H and O–H groups in total. The van der Waals surface area contributed by atoms with Gasteiger partial charge in [-0.1, -0.05) is 19.1 Å². The highest BCUT2D eigenvalue weighted by Gasteiger charge is 2.23. The lowest BCUT2D eigenvalue weighted by Crippen LogP contribution is -2.35. The molecule has 106 valence electrons. The number of nitrogens with one attached hydrogen (secondary N) is 2. The van der Waals surface area contributed by atoms with Gasteiger partial charge in [-0.05, 0) is 37.9 Å². The van der Waals surface area contributed by atoms with E-state index in [0.717, 1.165) is 25.8 Å². The third kappa shape index (κ3) is 3.92. The molecular formula is C13H20N2O3S. The van der Waals surface area contributed by atoms with Gasteiger partial charge in [0.1, 0.15) is 5.76 Å². The molecule has 0 saturated heterocycles. The second-order valence-electron chi connectivity index (χ2n) is 4.60. The van der Waals surface area contributed by atoms with Gasteiger partial charge in [-0.25, -0.2) is 13.1 Å². The molecule has 0 fully saturated rings. The van der Waals surface area contributed by atoms with Crippen molar-refractivity contribution in [1.82, 2.24) is 10.0 Å². The van der Waals surface area contributed by atoms with E-state index in [1.54, 1.807) is 6.07 Å². The third-order valence-electron chi connectivity index (χ3n) is 3.04. The van der Waals surface area contributed by atoms with Crippen molar-refractivity contribution in [3.8, 4) is 0 Å². The Morgan fingerprint density at radius 2 is 2.21 bits per heavy atom. The van der Waals surface area contributed by atoms with E-state index >= 15 is 0 Å². The Kier molecular flexibility index (Phi) is 4.79. The average Bonchev–Trinajstić information content (AvgIpc) is 2.86. The lowest BCUT2D eigenvalue weighted by atomic mass is 10.0. The predicted molar refractivity (Wildman–Crippen MR) is 73.2 cm³/mol. The van der Waals surface area contributed by atoms with Crippen LogP contribution in [0.5, 0.6) is 0 Å². The number of hydrogen-bond donors (Lipinski definition) is 2. The van der Waals surface area contributed by atoms with Crippen LogP contribution < -0.4 is 10.0 Å². The molecule has 0 bridgehead atoms. The summed E-state index contributed by atoms with van der Waals surface area (Å²) >= 11 is 0. The van der Waals surface area contributed by atoms with Gasteiger partial charge in [-0.15, -0.1) is 0 Å². The smallest absolute Gasteiger partial charge is 0.274 e. The second-order valence-corrected chi connectivity index (χ2v) is 6.25. The molecule has 0 aromatic carbocycles. The van der Waals surface area contributed by atoms with Crippen molar-refractivity contribution in [2.45, 2.75) is 43.9 Å². The zero-order valence-electron chi connectivity index (χ0n) is 11.1. The highest BCUT2D eigenvalue weighted by Crippen LogP contribution is 2.17. The lowest BCUT2D eigenvalue weighted by Gasteiger charge is -2.18. The van der Waals surface area contributed by atoms with Crippen molar-refractivity contribution >= 4 is 10.0 Å². The minimum atomic E-state index is -3.54. The fourth-order valence-corrected chi connectivity index (χ4v) is 3.26. The minimum Gasteiger partial charge on any atom is -0.447 e. The van der Waals surface area contributed by atoms with Crippen molar-refractivity contribution < 1.29 is 12.8 Å². The summed E-state index contributed by atoms with van der Waals surface area (Å²) in [5, 5.41) is 3.09. The first kappa shape index (κ1) is 14.3. The van der Waals surface area contributed by atoms with Crippen LogP contribution in [0.2, 0.25) is 0 Å². The van der Waals surface area contributed by atoms with E-state index in [0.29, 0.717) is 12.3 Å². The van der Waals surface area contributed by atoms with Gasteiger partial charge in [0.25, 0.3) is 10.0 Å². The van der Waals surface area contributed by atoms with Crippen LogP contribution in [0.1, 0.15) is 31.9 Å².